The fraction of sp³-hybridized carbons (Fsp3) is 0.909. The molecule has 6 heteroatoms. The minimum atomic E-state index is -4.35. The van der Waals surface area contributed by atoms with E-state index in [-0.39, 0.29) is 18.2 Å². The molecule has 0 spiro atoms. The summed E-state index contributed by atoms with van der Waals surface area (Å²) < 4.78 is 32.8. The molecule has 0 radical (unpaired) electrons. The van der Waals surface area contributed by atoms with E-state index in [1.165, 1.54) is 0 Å². The van der Waals surface area contributed by atoms with E-state index >= 15 is 0 Å². The number of rotatable bonds is 7. The van der Waals surface area contributed by atoms with E-state index in [2.05, 4.69) is 0 Å². The lowest BCUT2D eigenvalue weighted by Crippen LogP contribution is -2.43. The standard InChI is InChI=1S/C11H23NO4S/c1-9(2)6-10(8-17(14,15)16)11(13)7-12(3,4)5/h9-10H,6-8H2,1-5H3. The van der Waals surface area contributed by atoms with Gasteiger partial charge >= 0.3 is 0 Å². The predicted molar refractivity (Wildman–Crippen MR) is 65.4 cm³/mol. The van der Waals surface area contributed by atoms with Gasteiger partial charge in [-0.1, -0.05) is 13.8 Å². The van der Waals surface area contributed by atoms with Crippen LogP contribution in [0, 0.1) is 11.8 Å². The number of likely N-dealkylation sites (N-methyl/N-ethyl adjacent to an activating group) is 1. The summed E-state index contributed by atoms with van der Waals surface area (Å²) in [5, 5.41) is 0. The van der Waals surface area contributed by atoms with E-state index in [9.17, 15) is 17.8 Å². The van der Waals surface area contributed by atoms with Crippen LogP contribution in [0.15, 0.2) is 0 Å². The summed E-state index contributed by atoms with van der Waals surface area (Å²) >= 11 is 0. The Morgan fingerprint density at radius 1 is 1.24 bits per heavy atom. The number of ketones is 1. The van der Waals surface area contributed by atoms with Gasteiger partial charge in [-0.15, -0.1) is 0 Å². The average molecular weight is 265 g/mol. The second-order valence-corrected chi connectivity index (χ2v) is 7.41. The third kappa shape index (κ3) is 9.26. The molecular weight excluding hydrogens is 242 g/mol. The van der Waals surface area contributed by atoms with E-state index in [1.54, 1.807) is 0 Å². The van der Waals surface area contributed by atoms with Crippen molar-refractivity contribution in [2.24, 2.45) is 11.8 Å². The molecule has 1 unspecified atom stereocenters. The van der Waals surface area contributed by atoms with Crippen molar-refractivity contribution < 1.29 is 22.2 Å². The number of nitrogens with zero attached hydrogens (tertiary/aromatic N) is 1. The van der Waals surface area contributed by atoms with Crippen LogP contribution in [0.5, 0.6) is 0 Å². The zero-order valence-electron chi connectivity index (χ0n) is 11.3. The summed E-state index contributed by atoms with van der Waals surface area (Å²) in [6.45, 7) is 4.06. The van der Waals surface area contributed by atoms with E-state index in [1.807, 2.05) is 35.0 Å². The largest absolute Gasteiger partial charge is 0.748 e. The molecule has 0 saturated carbocycles. The first-order valence-electron chi connectivity index (χ1n) is 5.67. The highest BCUT2D eigenvalue weighted by Gasteiger charge is 2.26. The molecule has 102 valence electrons. The van der Waals surface area contributed by atoms with Gasteiger partial charge in [-0.05, 0) is 12.3 Å². The summed E-state index contributed by atoms with van der Waals surface area (Å²) in [5.74, 6) is -1.21. The third-order valence-corrected chi connectivity index (χ3v) is 3.06. The SMILES string of the molecule is CC(C)CC(CS(=O)(=O)[O-])C(=O)C[N+](C)(C)C. The fourth-order valence-electron chi connectivity index (χ4n) is 1.70. The fourth-order valence-corrected chi connectivity index (χ4v) is 2.52. The number of Topliss-reactive ketones (excluding diaryl/α,β-unsaturated/α-hetero) is 1. The summed E-state index contributed by atoms with van der Waals surface area (Å²) in [5.41, 5.74) is 0. The van der Waals surface area contributed by atoms with Crippen LogP contribution in [0.2, 0.25) is 0 Å². The Morgan fingerprint density at radius 3 is 2.00 bits per heavy atom. The first kappa shape index (κ1) is 16.5. The summed E-state index contributed by atoms with van der Waals surface area (Å²) in [6.07, 6.45) is 0.445. The average Bonchev–Trinajstić information content (AvgIpc) is 1.95. The van der Waals surface area contributed by atoms with E-state index in [4.69, 9.17) is 0 Å². The Bertz CT molecular complexity index is 354. The molecule has 1 atom stereocenters. The van der Waals surface area contributed by atoms with Crippen molar-refractivity contribution in [1.29, 1.82) is 0 Å². The van der Waals surface area contributed by atoms with Gasteiger partial charge in [-0.25, -0.2) is 8.42 Å². The van der Waals surface area contributed by atoms with Crippen LogP contribution in [0.1, 0.15) is 20.3 Å². The topological polar surface area (TPSA) is 74.3 Å². The lowest BCUT2D eigenvalue weighted by molar-refractivity contribution is -0.862. The Balaban J connectivity index is 4.75. The molecule has 0 fully saturated rings. The lowest BCUT2D eigenvalue weighted by Gasteiger charge is -2.26. The number of quaternary nitrogens is 1. The molecule has 0 aliphatic rings. The molecule has 0 aromatic rings. The molecule has 0 amide bonds. The van der Waals surface area contributed by atoms with Gasteiger partial charge in [0, 0.05) is 11.7 Å². The highest BCUT2D eigenvalue weighted by molar-refractivity contribution is 7.85. The lowest BCUT2D eigenvalue weighted by atomic mass is 9.94. The Hall–Kier alpha value is -0.460. The number of hydrogen-bond acceptors (Lipinski definition) is 4. The van der Waals surface area contributed by atoms with E-state index in [0.717, 1.165) is 0 Å². The van der Waals surface area contributed by atoms with Crippen LogP contribution in [0.4, 0.5) is 0 Å². The first-order valence-corrected chi connectivity index (χ1v) is 7.25. The van der Waals surface area contributed by atoms with Gasteiger partial charge in [-0.2, -0.15) is 0 Å². The number of hydrogen-bond donors (Lipinski definition) is 0. The highest BCUT2D eigenvalue weighted by atomic mass is 32.2. The Morgan fingerprint density at radius 2 is 1.71 bits per heavy atom. The van der Waals surface area contributed by atoms with E-state index in [0.29, 0.717) is 10.9 Å². The van der Waals surface area contributed by atoms with Crippen LogP contribution in [-0.4, -0.2) is 56.7 Å². The zero-order chi connectivity index (χ0) is 13.9. The minimum Gasteiger partial charge on any atom is -0.748 e. The molecule has 5 nitrogen and oxygen atoms in total. The van der Waals surface area contributed by atoms with Gasteiger partial charge in [0.25, 0.3) is 0 Å². The van der Waals surface area contributed by atoms with Crippen LogP contribution >= 0.6 is 0 Å². The minimum absolute atomic E-state index is 0.148. The van der Waals surface area contributed by atoms with Crippen LogP contribution in [0.3, 0.4) is 0 Å². The number of carbonyl (C=O) groups is 1. The van der Waals surface area contributed by atoms with Crippen molar-refractivity contribution in [3.63, 3.8) is 0 Å². The Labute approximate surface area is 104 Å². The molecule has 0 aliphatic carbocycles. The monoisotopic (exact) mass is 265 g/mol. The molecule has 0 heterocycles. The third-order valence-electron chi connectivity index (χ3n) is 2.25. The molecule has 0 aliphatic heterocycles. The van der Waals surface area contributed by atoms with Gasteiger partial charge in [-0.3, -0.25) is 4.79 Å². The zero-order valence-corrected chi connectivity index (χ0v) is 12.1. The van der Waals surface area contributed by atoms with Gasteiger partial charge in [0.2, 0.25) is 0 Å². The van der Waals surface area contributed by atoms with Crippen molar-refractivity contribution in [3.8, 4) is 0 Å². The van der Waals surface area contributed by atoms with Gasteiger partial charge in [0.1, 0.15) is 6.54 Å². The van der Waals surface area contributed by atoms with Crippen LogP contribution < -0.4 is 0 Å². The van der Waals surface area contributed by atoms with Gasteiger partial charge in [0.05, 0.1) is 31.3 Å². The first-order chi connectivity index (χ1) is 7.41. The summed E-state index contributed by atoms with van der Waals surface area (Å²) in [6, 6.07) is 0. The maximum atomic E-state index is 12.0. The van der Waals surface area contributed by atoms with Crippen LogP contribution in [-0.2, 0) is 14.9 Å². The van der Waals surface area contributed by atoms with Crippen molar-refractivity contribution in [2.75, 3.05) is 33.4 Å². The van der Waals surface area contributed by atoms with Crippen molar-refractivity contribution >= 4 is 15.9 Å². The number of carbonyl (C=O) groups excluding carboxylic acids is 1. The van der Waals surface area contributed by atoms with E-state index < -0.39 is 21.8 Å². The van der Waals surface area contributed by atoms with Crippen molar-refractivity contribution in [3.05, 3.63) is 0 Å². The molecule has 0 N–H and O–H groups in total. The second kappa shape index (κ2) is 5.93. The van der Waals surface area contributed by atoms with Crippen molar-refractivity contribution in [2.45, 2.75) is 20.3 Å². The highest BCUT2D eigenvalue weighted by Crippen LogP contribution is 2.16. The molecule has 0 aromatic carbocycles. The maximum Gasteiger partial charge on any atom is 0.190 e. The maximum absolute atomic E-state index is 12.0. The Kier molecular flexibility index (Phi) is 5.77. The molecule has 17 heavy (non-hydrogen) atoms. The second-order valence-electron chi connectivity index (χ2n) is 5.97. The summed E-state index contributed by atoms with van der Waals surface area (Å²) in [7, 11) is 1.22. The molecular formula is C11H23NO4S. The summed E-state index contributed by atoms with van der Waals surface area (Å²) in [4.78, 5) is 12.0. The molecule has 0 bridgehead atoms. The predicted octanol–water partition coefficient (Wildman–Crippen LogP) is 0.469. The quantitative estimate of drug-likeness (QED) is 0.495. The van der Waals surface area contributed by atoms with Crippen LogP contribution in [0.25, 0.3) is 0 Å². The van der Waals surface area contributed by atoms with Gasteiger partial charge < -0.3 is 9.04 Å². The molecule has 0 aromatic heterocycles. The van der Waals surface area contributed by atoms with Gasteiger partial charge in [0.15, 0.2) is 5.78 Å². The molecule has 0 rings (SSSR count). The smallest absolute Gasteiger partial charge is 0.190 e. The normalized spacial score (nSPS) is 15.0. The van der Waals surface area contributed by atoms with Crippen molar-refractivity contribution in [1.82, 2.24) is 0 Å². The molecule has 0 saturated heterocycles.